The molecular formula is C34H47NO5Si. The molecule has 2 aliphatic rings. The molecule has 0 bridgehead atoms. The van der Waals surface area contributed by atoms with Crippen LogP contribution < -0.4 is 13.9 Å². The lowest BCUT2D eigenvalue weighted by molar-refractivity contribution is -0.148. The average molecular weight is 578 g/mol. The first-order chi connectivity index (χ1) is 19.4. The van der Waals surface area contributed by atoms with Crippen molar-refractivity contribution >= 4 is 20.4 Å². The Balaban J connectivity index is 1.93. The molecule has 0 aliphatic carbocycles. The maximum atomic E-state index is 12.3. The summed E-state index contributed by atoms with van der Waals surface area (Å²) in [5, 5.41) is 0.0362. The smallest absolute Gasteiger partial charge is 0.330 e. The molecule has 222 valence electrons. The van der Waals surface area contributed by atoms with Crippen molar-refractivity contribution in [3.8, 4) is 28.4 Å². The molecule has 0 radical (unpaired) electrons. The first kappa shape index (κ1) is 30.9. The van der Waals surface area contributed by atoms with Crippen LogP contribution >= 0.6 is 0 Å². The maximum absolute atomic E-state index is 12.3. The van der Waals surface area contributed by atoms with Crippen molar-refractivity contribution in [3.63, 3.8) is 0 Å². The largest absolute Gasteiger partial charge is 0.543 e. The number of carbonyl (C=O) groups is 1. The molecule has 0 unspecified atom stereocenters. The van der Waals surface area contributed by atoms with Gasteiger partial charge in [0.1, 0.15) is 11.9 Å². The first-order valence-corrected chi connectivity index (χ1v) is 17.6. The summed E-state index contributed by atoms with van der Waals surface area (Å²) in [7, 11) is 1.18. The Morgan fingerprint density at radius 1 is 0.976 bits per heavy atom. The van der Waals surface area contributed by atoms with Gasteiger partial charge in [-0.3, -0.25) is 4.90 Å². The zero-order chi connectivity index (χ0) is 29.9. The van der Waals surface area contributed by atoms with E-state index in [9.17, 15) is 4.79 Å². The predicted molar refractivity (Wildman–Crippen MR) is 169 cm³/mol. The summed E-state index contributed by atoms with van der Waals surface area (Å²) in [5.74, 6) is 1.83. The third-order valence-corrected chi connectivity index (χ3v) is 13.5. The van der Waals surface area contributed by atoms with Crippen LogP contribution in [0.1, 0.15) is 70.0 Å². The summed E-state index contributed by atoms with van der Waals surface area (Å²) in [6.07, 6.45) is 7.89. The van der Waals surface area contributed by atoms with E-state index in [2.05, 4.69) is 82.3 Å². The van der Waals surface area contributed by atoms with Gasteiger partial charge in [-0.05, 0) is 78.5 Å². The SMILES string of the molecule is C=CC(=O)O[C@H]1C[C@H]2CCCCN2[C@H](c2cc(OC)c(OC)cc2-c2cc(C=C)ccc2O[Si](C)(C)C(C)(C)C)C1. The second kappa shape index (κ2) is 12.5. The highest BCUT2D eigenvalue weighted by molar-refractivity contribution is 6.74. The van der Waals surface area contributed by atoms with Crippen LogP contribution in [0.5, 0.6) is 17.2 Å². The zero-order valence-electron chi connectivity index (χ0n) is 25.9. The van der Waals surface area contributed by atoms with Crippen LogP contribution in [-0.4, -0.2) is 52.1 Å². The molecule has 7 heteroatoms. The summed E-state index contributed by atoms with van der Waals surface area (Å²) in [5.41, 5.74) is 4.17. The molecule has 2 aromatic carbocycles. The third kappa shape index (κ3) is 6.57. The van der Waals surface area contributed by atoms with E-state index in [1.807, 2.05) is 6.08 Å². The van der Waals surface area contributed by atoms with Crippen LogP contribution in [0.4, 0.5) is 0 Å². The molecule has 4 rings (SSSR count). The lowest BCUT2D eigenvalue weighted by atomic mass is 9.81. The van der Waals surface area contributed by atoms with Gasteiger partial charge < -0.3 is 18.6 Å². The standard InChI is InChI=1S/C34H47NO5Si/c1-10-23-15-16-30(40-41(8,9)34(3,4)5)28(18-23)26-21-31(37-6)32(38-7)22-27(26)29-20-25(39-33(36)11-2)19-24-14-12-13-17-35(24)29/h10-11,15-16,18,21-22,24-25,29H,1-2,12-14,17,19-20H2,3-9H3/t24-,25+,29+/m1/s1. The van der Waals surface area contributed by atoms with Gasteiger partial charge in [0.05, 0.1) is 14.2 Å². The van der Waals surface area contributed by atoms with Gasteiger partial charge in [0.15, 0.2) is 11.5 Å². The highest BCUT2D eigenvalue weighted by Gasteiger charge is 2.42. The molecule has 0 saturated carbocycles. The highest BCUT2D eigenvalue weighted by atomic mass is 28.4. The number of rotatable bonds is 9. The Bertz CT molecular complexity index is 1280. The van der Waals surface area contributed by atoms with Crippen molar-refractivity contribution < 1.29 is 23.4 Å². The van der Waals surface area contributed by atoms with Crippen LogP contribution in [0.2, 0.25) is 18.1 Å². The maximum Gasteiger partial charge on any atom is 0.330 e. The fraction of sp³-hybridized carbons (Fsp3) is 0.500. The molecule has 0 aromatic heterocycles. The topological polar surface area (TPSA) is 57.2 Å². The fourth-order valence-electron chi connectivity index (χ4n) is 5.89. The van der Waals surface area contributed by atoms with Crippen molar-refractivity contribution in [1.29, 1.82) is 0 Å². The monoisotopic (exact) mass is 577 g/mol. The second-order valence-electron chi connectivity index (χ2n) is 12.8. The molecular weight excluding hydrogens is 530 g/mol. The highest BCUT2D eigenvalue weighted by Crippen LogP contribution is 2.49. The minimum absolute atomic E-state index is 0.0274. The van der Waals surface area contributed by atoms with Crippen molar-refractivity contribution in [3.05, 3.63) is 60.7 Å². The van der Waals surface area contributed by atoms with Gasteiger partial charge in [0.25, 0.3) is 8.32 Å². The fourth-order valence-corrected chi connectivity index (χ4v) is 6.92. The minimum Gasteiger partial charge on any atom is -0.543 e. The van der Waals surface area contributed by atoms with Crippen LogP contribution in [0.3, 0.4) is 0 Å². The Morgan fingerprint density at radius 2 is 1.68 bits per heavy atom. The molecule has 2 aliphatic heterocycles. The lowest BCUT2D eigenvalue weighted by Gasteiger charge is -2.48. The molecule has 3 atom stereocenters. The van der Waals surface area contributed by atoms with E-state index in [4.69, 9.17) is 18.6 Å². The summed E-state index contributed by atoms with van der Waals surface area (Å²) < 4.78 is 24.5. The quantitative estimate of drug-likeness (QED) is 0.170. The molecule has 41 heavy (non-hydrogen) atoms. The van der Waals surface area contributed by atoms with E-state index in [1.165, 1.54) is 12.5 Å². The Morgan fingerprint density at radius 3 is 2.32 bits per heavy atom. The molecule has 2 heterocycles. The number of hydrogen-bond donors (Lipinski definition) is 0. The van der Waals surface area contributed by atoms with Gasteiger partial charge in [0.2, 0.25) is 0 Å². The summed E-state index contributed by atoms with van der Waals surface area (Å²) in [4.78, 5) is 14.9. The predicted octanol–water partition coefficient (Wildman–Crippen LogP) is 8.19. The van der Waals surface area contributed by atoms with E-state index in [1.54, 1.807) is 14.2 Å². The summed E-state index contributed by atoms with van der Waals surface area (Å²) in [6.45, 7) is 20.0. The van der Waals surface area contributed by atoms with Crippen LogP contribution in [0.25, 0.3) is 17.2 Å². The number of methoxy groups -OCH3 is 2. The second-order valence-corrected chi connectivity index (χ2v) is 17.5. The minimum atomic E-state index is -2.15. The lowest BCUT2D eigenvalue weighted by Crippen LogP contribution is -2.49. The van der Waals surface area contributed by atoms with Crippen LogP contribution in [-0.2, 0) is 9.53 Å². The molecule has 2 aromatic rings. The zero-order valence-corrected chi connectivity index (χ0v) is 26.9. The molecule has 0 amide bonds. The average Bonchev–Trinajstić information content (AvgIpc) is 2.95. The van der Waals surface area contributed by atoms with E-state index in [0.29, 0.717) is 24.0 Å². The van der Waals surface area contributed by atoms with E-state index in [-0.39, 0.29) is 23.2 Å². The summed E-state index contributed by atoms with van der Waals surface area (Å²) >= 11 is 0. The van der Waals surface area contributed by atoms with E-state index < -0.39 is 8.32 Å². The van der Waals surface area contributed by atoms with Gasteiger partial charge in [-0.25, -0.2) is 4.79 Å². The number of fused-ring (bicyclic) bond motifs is 1. The van der Waals surface area contributed by atoms with Gasteiger partial charge in [-0.1, -0.05) is 52.5 Å². The van der Waals surface area contributed by atoms with Crippen LogP contribution in [0, 0.1) is 0 Å². The summed E-state index contributed by atoms with van der Waals surface area (Å²) in [6, 6.07) is 10.9. The number of benzene rings is 2. The van der Waals surface area contributed by atoms with Gasteiger partial charge in [-0.15, -0.1) is 0 Å². The van der Waals surface area contributed by atoms with Gasteiger partial charge >= 0.3 is 5.97 Å². The Labute approximate surface area is 247 Å². The molecule has 0 N–H and O–H groups in total. The van der Waals surface area contributed by atoms with Crippen molar-refractivity contribution in [2.75, 3.05) is 20.8 Å². The number of piperidine rings is 2. The molecule has 0 spiro atoms. The van der Waals surface area contributed by atoms with E-state index >= 15 is 0 Å². The van der Waals surface area contributed by atoms with Crippen molar-refractivity contribution in [2.24, 2.45) is 0 Å². The number of esters is 1. The Hall–Kier alpha value is -3.03. The number of hydrogen-bond acceptors (Lipinski definition) is 6. The van der Waals surface area contributed by atoms with Crippen molar-refractivity contribution in [1.82, 2.24) is 4.90 Å². The number of nitrogens with zero attached hydrogens (tertiary/aromatic N) is 1. The van der Waals surface area contributed by atoms with Gasteiger partial charge in [-0.2, -0.15) is 0 Å². The molecule has 2 saturated heterocycles. The van der Waals surface area contributed by atoms with Gasteiger partial charge in [0, 0.05) is 36.6 Å². The normalized spacial score (nSPS) is 21.4. The number of carbonyl (C=O) groups excluding carboxylic acids is 1. The third-order valence-electron chi connectivity index (χ3n) is 9.16. The van der Waals surface area contributed by atoms with Crippen LogP contribution in [0.15, 0.2) is 49.6 Å². The molecule has 2 fully saturated rings. The van der Waals surface area contributed by atoms with E-state index in [0.717, 1.165) is 53.8 Å². The number of ether oxygens (including phenoxy) is 3. The first-order valence-electron chi connectivity index (χ1n) is 14.7. The molecule has 6 nitrogen and oxygen atoms in total. The van der Waals surface area contributed by atoms with Crippen molar-refractivity contribution in [2.45, 2.75) is 89.2 Å². The Kier molecular flexibility index (Phi) is 9.39.